The molecule has 1 aliphatic rings. The molecule has 0 aromatic heterocycles. The zero-order chi connectivity index (χ0) is 19.4. The summed E-state index contributed by atoms with van der Waals surface area (Å²) in [6.07, 6.45) is 0.745. The molecule has 1 aliphatic heterocycles. The molecule has 3 rings (SSSR count). The maximum absolute atomic E-state index is 12.7. The summed E-state index contributed by atoms with van der Waals surface area (Å²) in [5.41, 5.74) is 3.47. The second-order valence-electron chi connectivity index (χ2n) is 6.34. The van der Waals surface area contributed by atoms with E-state index in [1.54, 1.807) is 43.4 Å². The molecule has 7 nitrogen and oxygen atoms in total. The maximum atomic E-state index is 12.7. The first-order chi connectivity index (χ1) is 13.0. The molecule has 0 radical (unpaired) electrons. The van der Waals surface area contributed by atoms with Crippen molar-refractivity contribution >= 4 is 23.3 Å². The topological polar surface area (TPSA) is 79.9 Å². The largest absolute Gasteiger partial charge is 0.493 e. The molecule has 142 valence electrons. The van der Waals surface area contributed by atoms with Crippen LogP contribution in [0.4, 0.5) is 16.2 Å². The summed E-state index contributed by atoms with van der Waals surface area (Å²) in [4.78, 5) is 25.6. The van der Waals surface area contributed by atoms with E-state index >= 15 is 0 Å². The van der Waals surface area contributed by atoms with Gasteiger partial charge in [0.15, 0.2) is 11.5 Å². The van der Waals surface area contributed by atoms with E-state index in [-0.39, 0.29) is 11.9 Å². The van der Waals surface area contributed by atoms with Crippen molar-refractivity contribution in [2.45, 2.75) is 19.9 Å². The molecule has 7 heteroatoms. The number of amides is 3. The molecule has 3 amide bonds. The number of hydrogen-bond acceptors (Lipinski definition) is 4. The lowest BCUT2D eigenvalue weighted by Crippen LogP contribution is -2.38. The Kier molecular flexibility index (Phi) is 5.49. The third-order valence-electron chi connectivity index (χ3n) is 4.44. The van der Waals surface area contributed by atoms with Crippen molar-refractivity contribution in [3.8, 4) is 11.5 Å². The van der Waals surface area contributed by atoms with Crippen molar-refractivity contribution in [2.75, 3.05) is 31.4 Å². The van der Waals surface area contributed by atoms with Crippen LogP contribution in [-0.4, -0.2) is 37.6 Å². The number of fused-ring (bicyclic) bond motifs is 1. The van der Waals surface area contributed by atoms with Crippen LogP contribution in [0.5, 0.6) is 11.5 Å². The van der Waals surface area contributed by atoms with Crippen LogP contribution in [0.25, 0.3) is 0 Å². The standard InChI is InChI=1S/C20H23N3O4/c1-13(24)21-16-5-4-6-17(11-16)22-20(25)23-8-7-14-9-18(26-2)19(27-3)10-15(14)12-23/h4-6,9-11H,7-8,12H2,1-3H3,(H,21,24)(H,22,25). The SMILES string of the molecule is COc1cc2c(cc1OC)CN(C(=O)Nc1cccc(NC(C)=O)c1)CC2. The average molecular weight is 369 g/mol. The number of rotatable bonds is 4. The number of anilines is 2. The normalized spacial score (nSPS) is 12.8. The van der Waals surface area contributed by atoms with Crippen molar-refractivity contribution in [3.63, 3.8) is 0 Å². The molecule has 0 bridgehead atoms. The fourth-order valence-electron chi connectivity index (χ4n) is 3.14. The minimum absolute atomic E-state index is 0.157. The number of methoxy groups -OCH3 is 2. The Morgan fingerprint density at radius 1 is 0.963 bits per heavy atom. The van der Waals surface area contributed by atoms with Gasteiger partial charge in [-0.1, -0.05) is 6.07 Å². The number of benzene rings is 2. The van der Waals surface area contributed by atoms with Crippen molar-refractivity contribution in [1.82, 2.24) is 4.90 Å². The van der Waals surface area contributed by atoms with Crippen LogP contribution in [0.1, 0.15) is 18.1 Å². The van der Waals surface area contributed by atoms with E-state index in [9.17, 15) is 9.59 Å². The van der Waals surface area contributed by atoms with Crippen molar-refractivity contribution in [2.24, 2.45) is 0 Å². The first-order valence-electron chi connectivity index (χ1n) is 8.67. The lowest BCUT2D eigenvalue weighted by molar-refractivity contribution is -0.114. The molecular weight excluding hydrogens is 346 g/mol. The molecule has 27 heavy (non-hydrogen) atoms. The third kappa shape index (κ3) is 4.31. The summed E-state index contributed by atoms with van der Waals surface area (Å²) in [7, 11) is 3.21. The quantitative estimate of drug-likeness (QED) is 0.867. The van der Waals surface area contributed by atoms with Gasteiger partial charge in [-0.25, -0.2) is 4.79 Å². The van der Waals surface area contributed by atoms with E-state index < -0.39 is 0 Å². The van der Waals surface area contributed by atoms with Gasteiger partial charge in [0.05, 0.1) is 14.2 Å². The fraction of sp³-hybridized carbons (Fsp3) is 0.300. The van der Waals surface area contributed by atoms with Crippen LogP contribution in [0.3, 0.4) is 0 Å². The van der Waals surface area contributed by atoms with Gasteiger partial charge in [0.25, 0.3) is 0 Å². The Balaban J connectivity index is 1.71. The Morgan fingerprint density at radius 3 is 2.22 bits per heavy atom. The van der Waals surface area contributed by atoms with E-state index in [1.165, 1.54) is 6.92 Å². The monoisotopic (exact) mass is 369 g/mol. The fourth-order valence-corrected chi connectivity index (χ4v) is 3.14. The van der Waals surface area contributed by atoms with Gasteiger partial charge in [0, 0.05) is 31.4 Å². The second kappa shape index (κ2) is 7.99. The predicted molar refractivity (Wildman–Crippen MR) is 103 cm³/mol. The maximum Gasteiger partial charge on any atom is 0.322 e. The second-order valence-corrected chi connectivity index (χ2v) is 6.34. The van der Waals surface area contributed by atoms with E-state index in [2.05, 4.69) is 10.6 Å². The molecule has 2 aromatic rings. The Morgan fingerprint density at radius 2 is 1.59 bits per heavy atom. The van der Waals surface area contributed by atoms with Gasteiger partial charge in [0.1, 0.15) is 0 Å². The third-order valence-corrected chi connectivity index (χ3v) is 4.44. The highest BCUT2D eigenvalue weighted by atomic mass is 16.5. The van der Waals surface area contributed by atoms with Gasteiger partial charge in [-0.05, 0) is 47.9 Å². The van der Waals surface area contributed by atoms with Gasteiger partial charge in [0.2, 0.25) is 5.91 Å². The van der Waals surface area contributed by atoms with Gasteiger partial charge >= 0.3 is 6.03 Å². The van der Waals surface area contributed by atoms with E-state index in [4.69, 9.17) is 9.47 Å². The van der Waals surface area contributed by atoms with Crippen LogP contribution in [0.15, 0.2) is 36.4 Å². The first-order valence-corrected chi connectivity index (χ1v) is 8.67. The van der Waals surface area contributed by atoms with Gasteiger partial charge < -0.3 is 25.0 Å². The van der Waals surface area contributed by atoms with Gasteiger partial charge in [-0.2, -0.15) is 0 Å². The van der Waals surface area contributed by atoms with Crippen LogP contribution < -0.4 is 20.1 Å². The molecule has 0 unspecified atom stereocenters. The Labute approximate surface area is 158 Å². The van der Waals surface area contributed by atoms with Crippen molar-refractivity contribution in [3.05, 3.63) is 47.5 Å². The molecule has 0 spiro atoms. The molecule has 0 aliphatic carbocycles. The van der Waals surface area contributed by atoms with E-state index in [1.807, 2.05) is 12.1 Å². The van der Waals surface area contributed by atoms with Crippen LogP contribution in [-0.2, 0) is 17.8 Å². The summed E-state index contributed by atoms with van der Waals surface area (Å²) in [6, 6.07) is 10.8. The van der Waals surface area contributed by atoms with Crippen molar-refractivity contribution < 1.29 is 19.1 Å². The van der Waals surface area contributed by atoms with Gasteiger partial charge in [-0.15, -0.1) is 0 Å². The number of carbonyl (C=O) groups excluding carboxylic acids is 2. The van der Waals surface area contributed by atoms with Crippen LogP contribution >= 0.6 is 0 Å². The Hall–Kier alpha value is -3.22. The zero-order valence-electron chi connectivity index (χ0n) is 15.7. The minimum atomic E-state index is -0.185. The van der Waals surface area contributed by atoms with Crippen LogP contribution in [0.2, 0.25) is 0 Å². The molecule has 2 N–H and O–H groups in total. The number of nitrogens with one attached hydrogen (secondary N) is 2. The smallest absolute Gasteiger partial charge is 0.322 e. The first kappa shape index (κ1) is 18.6. The average Bonchev–Trinajstić information content (AvgIpc) is 2.66. The number of ether oxygens (including phenoxy) is 2. The molecule has 0 fully saturated rings. The molecule has 1 heterocycles. The highest BCUT2D eigenvalue weighted by Crippen LogP contribution is 2.33. The van der Waals surface area contributed by atoms with E-state index in [0.717, 1.165) is 17.5 Å². The minimum Gasteiger partial charge on any atom is -0.493 e. The molecule has 0 saturated carbocycles. The number of hydrogen-bond donors (Lipinski definition) is 2. The van der Waals surface area contributed by atoms with Crippen molar-refractivity contribution in [1.29, 1.82) is 0 Å². The summed E-state index contributed by atoms with van der Waals surface area (Å²) in [5, 5.41) is 5.59. The summed E-state index contributed by atoms with van der Waals surface area (Å²) in [5.74, 6) is 1.20. The van der Waals surface area contributed by atoms with E-state index in [0.29, 0.717) is 36.0 Å². The summed E-state index contributed by atoms with van der Waals surface area (Å²) >= 11 is 0. The highest BCUT2D eigenvalue weighted by Gasteiger charge is 2.23. The highest BCUT2D eigenvalue weighted by molar-refractivity contribution is 5.92. The Bertz CT molecular complexity index is 866. The molecule has 0 saturated heterocycles. The summed E-state index contributed by atoms with van der Waals surface area (Å²) < 4.78 is 10.7. The lowest BCUT2D eigenvalue weighted by Gasteiger charge is -2.29. The summed E-state index contributed by atoms with van der Waals surface area (Å²) in [6.45, 7) is 2.55. The molecular formula is C20H23N3O4. The molecule has 2 aromatic carbocycles. The number of urea groups is 1. The van der Waals surface area contributed by atoms with Gasteiger partial charge in [-0.3, -0.25) is 4.79 Å². The molecule has 0 atom stereocenters. The number of carbonyl (C=O) groups is 2. The van der Waals surface area contributed by atoms with Crippen LogP contribution in [0, 0.1) is 0 Å². The predicted octanol–water partition coefficient (Wildman–Crippen LogP) is 3.25. The number of nitrogens with zero attached hydrogens (tertiary/aromatic N) is 1. The zero-order valence-corrected chi connectivity index (χ0v) is 15.7. The lowest BCUT2D eigenvalue weighted by atomic mass is 9.99.